The Morgan fingerprint density at radius 3 is 2.74 bits per heavy atom. The van der Waals surface area contributed by atoms with Crippen molar-refractivity contribution >= 4 is 23.2 Å². The number of anilines is 1. The summed E-state index contributed by atoms with van der Waals surface area (Å²) in [5.74, 6) is 1.83. The molecule has 2 aliphatic rings. The Bertz CT molecular complexity index is 743. The van der Waals surface area contributed by atoms with Crippen LogP contribution < -0.4 is 10.1 Å². The highest BCUT2D eigenvalue weighted by atomic mass is 32.2. The van der Waals surface area contributed by atoms with E-state index >= 15 is 0 Å². The molecule has 2 atom stereocenters. The number of hydrogen-bond donors (Lipinski definition) is 1. The van der Waals surface area contributed by atoms with E-state index in [1.54, 1.807) is 18.9 Å². The Hall–Kier alpha value is -1.94. The lowest BCUT2D eigenvalue weighted by Gasteiger charge is -2.40. The highest BCUT2D eigenvalue weighted by Gasteiger charge is 2.52. The lowest BCUT2D eigenvalue weighted by molar-refractivity contribution is -0.120. The lowest BCUT2D eigenvalue weighted by Crippen LogP contribution is -2.42. The maximum Gasteiger partial charge on any atom is 0.149 e. The van der Waals surface area contributed by atoms with Crippen LogP contribution in [0.4, 0.5) is 5.69 Å². The van der Waals surface area contributed by atoms with E-state index in [9.17, 15) is 4.79 Å². The van der Waals surface area contributed by atoms with Crippen molar-refractivity contribution in [1.29, 1.82) is 0 Å². The van der Waals surface area contributed by atoms with Crippen molar-refractivity contribution in [2.45, 2.75) is 17.7 Å². The zero-order valence-electron chi connectivity index (χ0n) is 13.0. The van der Waals surface area contributed by atoms with Crippen LogP contribution in [0.1, 0.15) is 17.5 Å². The zero-order chi connectivity index (χ0) is 15.9. The molecule has 0 saturated carbocycles. The van der Waals surface area contributed by atoms with E-state index in [4.69, 9.17) is 4.74 Å². The third kappa shape index (κ3) is 2.32. The van der Waals surface area contributed by atoms with Crippen molar-refractivity contribution in [3.63, 3.8) is 0 Å². The van der Waals surface area contributed by atoms with Crippen LogP contribution in [0.15, 0.2) is 48.5 Å². The first kappa shape index (κ1) is 14.6. The van der Waals surface area contributed by atoms with Crippen LogP contribution >= 0.6 is 11.8 Å². The number of hydrogen-bond acceptors (Lipinski definition) is 4. The first-order chi connectivity index (χ1) is 11.2. The molecule has 1 N–H and O–H groups in total. The number of benzene rings is 2. The summed E-state index contributed by atoms with van der Waals surface area (Å²) in [6.45, 7) is 0. The second-order valence-electron chi connectivity index (χ2n) is 6.09. The average Bonchev–Trinajstić information content (AvgIpc) is 2.93. The summed E-state index contributed by atoms with van der Waals surface area (Å²) < 4.78 is 5.23. The topological polar surface area (TPSA) is 38.3 Å². The first-order valence-electron chi connectivity index (χ1n) is 7.90. The molecule has 2 aromatic carbocycles. The molecule has 4 heteroatoms. The SMILES string of the molecule is COc1ccc(N[C@@]23SCC(=O)[C@@H]2CCc2ccccc23)cc1. The van der Waals surface area contributed by atoms with Crippen LogP contribution in [0, 0.1) is 5.92 Å². The minimum Gasteiger partial charge on any atom is -0.497 e. The molecule has 1 heterocycles. The van der Waals surface area contributed by atoms with Crippen molar-refractivity contribution in [1.82, 2.24) is 0 Å². The van der Waals surface area contributed by atoms with Crippen LogP contribution in [0.2, 0.25) is 0 Å². The largest absolute Gasteiger partial charge is 0.497 e. The molecule has 1 aliphatic carbocycles. The van der Waals surface area contributed by atoms with Gasteiger partial charge >= 0.3 is 0 Å². The number of fused-ring (bicyclic) bond motifs is 3. The molecule has 0 bridgehead atoms. The monoisotopic (exact) mass is 325 g/mol. The van der Waals surface area contributed by atoms with Gasteiger partial charge in [0.2, 0.25) is 0 Å². The molecular formula is C19H19NO2S. The number of ether oxygens (including phenoxy) is 1. The van der Waals surface area contributed by atoms with Crippen molar-refractivity contribution < 1.29 is 9.53 Å². The molecule has 0 radical (unpaired) electrons. The van der Waals surface area contributed by atoms with E-state index < -0.39 is 0 Å². The Kier molecular flexibility index (Phi) is 3.57. The number of aryl methyl sites for hydroxylation is 1. The number of carbonyl (C=O) groups is 1. The van der Waals surface area contributed by atoms with Crippen molar-refractivity contribution in [2.75, 3.05) is 18.2 Å². The fourth-order valence-electron chi connectivity index (χ4n) is 3.72. The van der Waals surface area contributed by atoms with Gasteiger partial charge in [-0.1, -0.05) is 24.3 Å². The predicted molar refractivity (Wildman–Crippen MR) is 94.0 cm³/mol. The van der Waals surface area contributed by atoms with E-state index in [0.29, 0.717) is 11.5 Å². The van der Waals surface area contributed by atoms with Crippen LogP contribution in [0.25, 0.3) is 0 Å². The van der Waals surface area contributed by atoms with Gasteiger partial charge in [-0.05, 0) is 48.2 Å². The van der Waals surface area contributed by atoms with Gasteiger partial charge in [0.15, 0.2) is 0 Å². The summed E-state index contributed by atoms with van der Waals surface area (Å²) in [6.07, 6.45) is 1.91. The molecule has 0 unspecified atom stereocenters. The maximum absolute atomic E-state index is 12.4. The van der Waals surface area contributed by atoms with E-state index in [-0.39, 0.29) is 10.8 Å². The highest BCUT2D eigenvalue weighted by molar-refractivity contribution is 8.01. The molecule has 23 heavy (non-hydrogen) atoms. The molecular weight excluding hydrogens is 306 g/mol. The van der Waals surface area contributed by atoms with Gasteiger partial charge in [-0.3, -0.25) is 4.79 Å². The second kappa shape index (κ2) is 5.60. The van der Waals surface area contributed by atoms with Gasteiger partial charge in [0, 0.05) is 5.69 Å². The molecule has 2 aromatic rings. The van der Waals surface area contributed by atoms with Crippen LogP contribution in [-0.2, 0) is 16.1 Å². The fourth-order valence-corrected chi connectivity index (χ4v) is 5.29. The Morgan fingerprint density at radius 2 is 1.96 bits per heavy atom. The number of rotatable bonds is 3. The summed E-state index contributed by atoms with van der Waals surface area (Å²) in [6, 6.07) is 16.4. The van der Waals surface area contributed by atoms with E-state index in [1.807, 2.05) is 24.3 Å². The van der Waals surface area contributed by atoms with Gasteiger partial charge < -0.3 is 10.1 Å². The number of methoxy groups -OCH3 is 1. The summed E-state index contributed by atoms with van der Waals surface area (Å²) in [4.78, 5) is 12.1. The molecule has 0 spiro atoms. The Balaban J connectivity index is 1.77. The van der Waals surface area contributed by atoms with Gasteiger partial charge in [0.1, 0.15) is 16.4 Å². The molecule has 4 rings (SSSR count). The minimum atomic E-state index is -0.333. The average molecular weight is 325 g/mol. The van der Waals surface area contributed by atoms with Crippen LogP contribution in [0.3, 0.4) is 0 Å². The van der Waals surface area contributed by atoms with Gasteiger partial charge in [-0.2, -0.15) is 0 Å². The molecule has 1 aliphatic heterocycles. The van der Waals surface area contributed by atoms with Crippen LogP contribution in [0.5, 0.6) is 5.75 Å². The van der Waals surface area contributed by atoms with Gasteiger partial charge in [-0.25, -0.2) is 0 Å². The highest BCUT2D eigenvalue weighted by Crippen LogP contribution is 2.54. The number of Topliss-reactive ketones (excluding diaryl/α,β-unsaturated/α-hetero) is 1. The summed E-state index contributed by atoms with van der Waals surface area (Å²) >= 11 is 1.74. The molecule has 1 fully saturated rings. The molecule has 3 nitrogen and oxygen atoms in total. The van der Waals surface area contributed by atoms with Gasteiger partial charge in [0.05, 0.1) is 18.8 Å². The quantitative estimate of drug-likeness (QED) is 0.930. The number of carbonyl (C=O) groups excluding carboxylic acids is 1. The number of nitrogens with one attached hydrogen (secondary N) is 1. The molecule has 118 valence electrons. The summed E-state index contributed by atoms with van der Waals surface area (Å²) in [5, 5.41) is 3.68. The Labute approximate surface area is 140 Å². The summed E-state index contributed by atoms with van der Waals surface area (Å²) in [7, 11) is 1.67. The van der Waals surface area contributed by atoms with E-state index in [0.717, 1.165) is 24.3 Å². The normalized spacial score (nSPS) is 25.6. The zero-order valence-corrected chi connectivity index (χ0v) is 13.9. The third-order valence-electron chi connectivity index (χ3n) is 4.86. The molecule has 0 amide bonds. The Morgan fingerprint density at radius 1 is 1.17 bits per heavy atom. The minimum absolute atomic E-state index is 0.0458. The second-order valence-corrected chi connectivity index (χ2v) is 7.31. The predicted octanol–water partition coefficient (Wildman–Crippen LogP) is 3.84. The number of ketones is 1. The van der Waals surface area contributed by atoms with Crippen molar-refractivity contribution in [2.24, 2.45) is 5.92 Å². The lowest BCUT2D eigenvalue weighted by atomic mass is 9.77. The molecule has 0 aromatic heterocycles. The maximum atomic E-state index is 12.4. The van der Waals surface area contributed by atoms with Crippen molar-refractivity contribution in [3.8, 4) is 5.75 Å². The van der Waals surface area contributed by atoms with E-state index in [2.05, 4.69) is 29.6 Å². The standard InChI is InChI=1S/C19H19NO2S/c1-22-15-9-7-14(8-10-15)20-19-16-5-3-2-4-13(16)6-11-17(19)18(21)12-23-19/h2-5,7-10,17,20H,6,11-12H2,1H3/t17-,19-/m0/s1. The molecule has 1 saturated heterocycles. The third-order valence-corrected chi connectivity index (χ3v) is 6.35. The smallest absolute Gasteiger partial charge is 0.149 e. The van der Waals surface area contributed by atoms with Crippen molar-refractivity contribution in [3.05, 3.63) is 59.7 Å². The van der Waals surface area contributed by atoms with Gasteiger partial charge in [-0.15, -0.1) is 11.8 Å². The number of thioether (sulfide) groups is 1. The first-order valence-corrected chi connectivity index (χ1v) is 8.89. The van der Waals surface area contributed by atoms with Crippen LogP contribution in [-0.4, -0.2) is 18.6 Å². The van der Waals surface area contributed by atoms with Gasteiger partial charge in [0.25, 0.3) is 0 Å². The van der Waals surface area contributed by atoms with E-state index in [1.165, 1.54) is 11.1 Å². The fraction of sp³-hybridized carbons (Fsp3) is 0.316. The summed E-state index contributed by atoms with van der Waals surface area (Å²) in [5.41, 5.74) is 3.64.